The van der Waals surface area contributed by atoms with Gasteiger partial charge in [0, 0.05) is 56.5 Å². The van der Waals surface area contributed by atoms with Crippen LogP contribution in [0.5, 0.6) is 0 Å². The highest BCUT2D eigenvalue weighted by Gasteiger charge is 2.21. The summed E-state index contributed by atoms with van der Waals surface area (Å²) < 4.78 is 0. The van der Waals surface area contributed by atoms with Crippen molar-refractivity contribution in [3.05, 3.63) is 54.2 Å². The average molecular weight is 394 g/mol. The number of ketones is 1. The van der Waals surface area contributed by atoms with Gasteiger partial charge in [0.2, 0.25) is 11.8 Å². The summed E-state index contributed by atoms with van der Waals surface area (Å²) in [6.45, 7) is 4.34. The minimum absolute atomic E-state index is 0.0464. The number of nitrogens with zero attached hydrogens (tertiary/aromatic N) is 3. The SMILES string of the molecule is CC(=O)c1cccc(NC(=O)CCCC(=O)N2CCN(c3ccccn3)CC2)c1. The lowest BCUT2D eigenvalue weighted by molar-refractivity contribution is -0.131. The van der Waals surface area contributed by atoms with Crippen molar-refractivity contribution in [2.45, 2.75) is 26.2 Å². The summed E-state index contributed by atoms with van der Waals surface area (Å²) in [5.41, 5.74) is 1.16. The molecule has 0 aliphatic carbocycles. The maximum Gasteiger partial charge on any atom is 0.224 e. The molecule has 7 heteroatoms. The predicted molar refractivity (Wildman–Crippen MR) is 112 cm³/mol. The van der Waals surface area contributed by atoms with Crippen LogP contribution in [0.1, 0.15) is 36.5 Å². The molecule has 0 radical (unpaired) electrons. The standard InChI is InChI=1S/C22H26N4O3/c1-17(27)18-6-4-7-19(16-18)24-21(28)9-5-10-22(29)26-14-12-25(13-15-26)20-8-2-3-11-23-20/h2-4,6-8,11,16H,5,9-10,12-15H2,1H3,(H,24,28). The highest BCUT2D eigenvalue weighted by Crippen LogP contribution is 2.15. The zero-order valence-corrected chi connectivity index (χ0v) is 16.6. The molecule has 2 heterocycles. The fraction of sp³-hybridized carbons (Fsp3) is 0.364. The number of Topliss-reactive ketones (excluding diaryl/α,β-unsaturated/α-hetero) is 1. The number of aromatic nitrogens is 1. The van der Waals surface area contributed by atoms with Gasteiger partial charge in [0.05, 0.1) is 0 Å². The number of carbonyl (C=O) groups excluding carboxylic acids is 3. The number of anilines is 2. The van der Waals surface area contributed by atoms with E-state index in [0.717, 1.165) is 18.9 Å². The van der Waals surface area contributed by atoms with Gasteiger partial charge >= 0.3 is 0 Å². The Hall–Kier alpha value is -3.22. The van der Waals surface area contributed by atoms with Gasteiger partial charge in [-0.25, -0.2) is 4.98 Å². The lowest BCUT2D eigenvalue weighted by atomic mass is 10.1. The molecule has 1 aromatic carbocycles. The first kappa shape index (κ1) is 20.5. The molecule has 0 spiro atoms. The van der Waals surface area contributed by atoms with Gasteiger partial charge in [-0.05, 0) is 37.6 Å². The third kappa shape index (κ3) is 5.88. The number of nitrogens with one attached hydrogen (secondary N) is 1. The zero-order valence-electron chi connectivity index (χ0n) is 16.6. The molecule has 1 aromatic heterocycles. The largest absolute Gasteiger partial charge is 0.353 e. The van der Waals surface area contributed by atoms with Crippen molar-refractivity contribution in [3.63, 3.8) is 0 Å². The van der Waals surface area contributed by atoms with Gasteiger partial charge in [-0.1, -0.05) is 18.2 Å². The van der Waals surface area contributed by atoms with Crippen LogP contribution in [-0.2, 0) is 9.59 Å². The topological polar surface area (TPSA) is 82.6 Å². The third-order valence-electron chi connectivity index (χ3n) is 4.95. The molecule has 0 saturated carbocycles. The number of amides is 2. The van der Waals surface area contributed by atoms with Crippen LogP contribution in [0.25, 0.3) is 0 Å². The second-order valence-electron chi connectivity index (χ2n) is 7.09. The smallest absolute Gasteiger partial charge is 0.224 e. The molecule has 1 N–H and O–H groups in total. The Morgan fingerprint density at radius 1 is 1.00 bits per heavy atom. The molecular formula is C22H26N4O3. The maximum atomic E-state index is 12.4. The quantitative estimate of drug-likeness (QED) is 0.730. The number of rotatable bonds is 7. The van der Waals surface area contributed by atoms with E-state index in [-0.39, 0.29) is 24.0 Å². The van der Waals surface area contributed by atoms with Crippen molar-refractivity contribution in [1.82, 2.24) is 9.88 Å². The first-order valence-electron chi connectivity index (χ1n) is 9.87. The Morgan fingerprint density at radius 2 is 1.79 bits per heavy atom. The van der Waals surface area contributed by atoms with E-state index in [9.17, 15) is 14.4 Å². The monoisotopic (exact) mass is 394 g/mol. The number of hydrogen-bond donors (Lipinski definition) is 1. The molecule has 0 unspecified atom stereocenters. The second-order valence-corrected chi connectivity index (χ2v) is 7.09. The fourth-order valence-electron chi connectivity index (χ4n) is 3.32. The van der Waals surface area contributed by atoms with Gasteiger partial charge in [0.1, 0.15) is 5.82 Å². The molecule has 7 nitrogen and oxygen atoms in total. The summed E-state index contributed by atoms with van der Waals surface area (Å²) in [6.07, 6.45) is 2.89. The Balaban J connectivity index is 1.38. The van der Waals surface area contributed by atoms with Gasteiger partial charge in [0.15, 0.2) is 5.78 Å². The van der Waals surface area contributed by atoms with Crippen molar-refractivity contribution in [1.29, 1.82) is 0 Å². The molecule has 1 aliphatic heterocycles. The van der Waals surface area contributed by atoms with E-state index in [1.165, 1.54) is 6.92 Å². The van der Waals surface area contributed by atoms with Crippen molar-refractivity contribution in [2.24, 2.45) is 0 Å². The fourth-order valence-corrected chi connectivity index (χ4v) is 3.32. The molecule has 1 fully saturated rings. The molecular weight excluding hydrogens is 368 g/mol. The van der Waals surface area contributed by atoms with Crippen LogP contribution in [0.15, 0.2) is 48.7 Å². The summed E-state index contributed by atoms with van der Waals surface area (Å²) in [4.78, 5) is 44.3. The maximum absolute atomic E-state index is 12.4. The Kier molecular flexibility index (Phi) is 6.94. The number of piperazine rings is 1. The van der Waals surface area contributed by atoms with Crippen molar-refractivity contribution in [2.75, 3.05) is 36.4 Å². The third-order valence-corrected chi connectivity index (χ3v) is 4.95. The number of pyridine rings is 1. The van der Waals surface area contributed by atoms with Crippen LogP contribution in [0.2, 0.25) is 0 Å². The summed E-state index contributed by atoms with van der Waals surface area (Å²) in [7, 11) is 0. The van der Waals surface area contributed by atoms with E-state index in [1.54, 1.807) is 30.5 Å². The zero-order chi connectivity index (χ0) is 20.6. The number of carbonyl (C=O) groups is 3. The highest BCUT2D eigenvalue weighted by atomic mass is 16.2. The Bertz CT molecular complexity index is 861. The molecule has 0 bridgehead atoms. The molecule has 3 rings (SSSR count). The Labute approximate surface area is 170 Å². The lowest BCUT2D eigenvalue weighted by Crippen LogP contribution is -2.49. The van der Waals surface area contributed by atoms with Gasteiger partial charge in [0.25, 0.3) is 0 Å². The minimum Gasteiger partial charge on any atom is -0.353 e. The normalized spacial score (nSPS) is 13.8. The van der Waals surface area contributed by atoms with Crippen LogP contribution >= 0.6 is 0 Å². The lowest BCUT2D eigenvalue weighted by Gasteiger charge is -2.35. The van der Waals surface area contributed by atoms with E-state index < -0.39 is 0 Å². The van der Waals surface area contributed by atoms with Crippen molar-refractivity contribution < 1.29 is 14.4 Å². The minimum atomic E-state index is -0.154. The first-order valence-corrected chi connectivity index (χ1v) is 9.87. The van der Waals surface area contributed by atoms with Gasteiger partial charge in [-0.3, -0.25) is 14.4 Å². The molecule has 1 aliphatic rings. The van der Waals surface area contributed by atoms with E-state index >= 15 is 0 Å². The van der Waals surface area contributed by atoms with Gasteiger partial charge in [-0.2, -0.15) is 0 Å². The highest BCUT2D eigenvalue weighted by molar-refractivity contribution is 5.97. The van der Waals surface area contributed by atoms with Crippen molar-refractivity contribution in [3.8, 4) is 0 Å². The van der Waals surface area contributed by atoms with Gasteiger partial charge in [-0.15, -0.1) is 0 Å². The van der Waals surface area contributed by atoms with Crippen LogP contribution < -0.4 is 10.2 Å². The van der Waals surface area contributed by atoms with E-state index in [4.69, 9.17) is 0 Å². The molecule has 2 amide bonds. The van der Waals surface area contributed by atoms with Crippen LogP contribution in [0.3, 0.4) is 0 Å². The van der Waals surface area contributed by atoms with Crippen molar-refractivity contribution >= 4 is 29.1 Å². The van der Waals surface area contributed by atoms with E-state index in [1.807, 2.05) is 23.1 Å². The molecule has 152 valence electrons. The van der Waals surface area contributed by atoms with Gasteiger partial charge < -0.3 is 15.1 Å². The molecule has 1 saturated heterocycles. The average Bonchev–Trinajstić information content (AvgIpc) is 2.74. The van der Waals surface area contributed by atoms with Crippen LogP contribution in [0, 0.1) is 0 Å². The van der Waals surface area contributed by atoms with E-state index in [2.05, 4.69) is 15.2 Å². The summed E-state index contributed by atoms with van der Waals surface area (Å²) in [5.74, 6) is 0.815. The molecule has 2 aromatic rings. The second kappa shape index (κ2) is 9.82. The summed E-state index contributed by atoms with van der Waals surface area (Å²) >= 11 is 0. The molecule has 0 atom stereocenters. The van der Waals surface area contributed by atoms with E-state index in [0.29, 0.717) is 37.2 Å². The first-order chi connectivity index (χ1) is 14.0. The number of hydrogen-bond acceptors (Lipinski definition) is 5. The predicted octanol–water partition coefficient (Wildman–Crippen LogP) is 2.74. The summed E-state index contributed by atoms with van der Waals surface area (Å²) in [6, 6.07) is 12.7. The summed E-state index contributed by atoms with van der Waals surface area (Å²) in [5, 5.41) is 2.78. The number of benzene rings is 1. The molecule has 29 heavy (non-hydrogen) atoms. The van der Waals surface area contributed by atoms with Crippen LogP contribution in [0.4, 0.5) is 11.5 Å². The van der Waals surface area contributed by atoms with Crippen LogP contribution in [-0.4, -0.2) is 53.7 Å². The Morgan fingerprint density at radius 3 is 2.48 bits per heavy atom.